The minimum Gasteiger partial charge on any atom is -0.460 e. The molecular formula is C26H26Cl3NO2. The number of esters is 1. The number of rotatable bonds is 5. The summed E-state index contributed by atoms with van der Waals surface area (Å²) in [5, 5.41) is 0.946. The second kappa shape index (κ2) is 10.7. The van der Waals surface area contributed by atoms with E-state index in [9.17, 15) is 4.79 Å². The topological polar surface area (TPSA) is 29.5 Å². The molecule has 0 radical (unpaired) electrons. The molecule has 1 fully saturated rings. The normalized spacial score (nSPS) is 15.6. The summed E-state index contributed by atoms with van der Waals surface area (Å²) in [6, 6.07) is 23.8. The Labute approximate surface area is 205 Å². The van der Waals surface area contributed by atoms with Crippen LogP contribution >= 0.6 is 35.6 Å². The van der Waals surface area contributed by atoms with Crippen LogP contribution in [-0.2, 0) is 21.6 Å². The fourth-order valence-corrected chi connectivity index (χ4v) is 4.41. The molecule has 3 aromatic carbocycles. The number of nitrogens with zero attached hydrogens (tertiary/aromatic N) is 1. The van der Waals surface area contributed by atoms with Crippen molar-refractivity contribution in [2.24, 2.45) is 0 Å². The third-order valence-electron chi connectivity index (χ3n) is 6.13. The number of ether oxygens (including phenoxy) is 1. The van der Waals surface area contributed by atoms with E-state index >= 15 is 0 Å². The number of hydrogen-bond donors (Lipinski definition) is 0. The highest BCUT2D eigenvalue weighted by atomic mass is 35.5. The SMILES string of the molecule is CN1CCC(C(=O)OCc2ccc(-c3ccccc3)cc2)(c2ccc(Cl)c(Cl)c2)CC1.Cl. The van der Waals surface area contributed by atoms with Crippen LogP contribution in [0.1, 0.15) is 24.0 Å². The first-order valence-electron chi connectivity index (χ1n) is 10.4. The minimum atomic E-state index is -0.704. The van der Waals surface area contributed by atoms with E-state index < -0.39 is 5.41 Å². The van der Waals surface area contributed by atoms with Crippen molar-refractivity contribution in [2.75, 3.05) is 20.1 Å². The van der Waals surface area contributed by atoms with Crippen molar-refractivity contribution in [1.82, 2.24) is 4.90 Å². The van der Waals surface area contributed by atoms with Gasteiger partial charge in [0.1, 0.15) is 6.61 Å². The molecule has 0 atom stereocenters. The van der Waals surface area contributed by atoms with Gasteiger partial charge in [-0.25, -0.2) is 0 Å². The van der Waals surface area contributed by atoms with Gasteiger partial charge in [0.2, 0.25) is 0 Å². The van der Waals surface area contributed by atoms with Gasteiger partial charge in [-0.1, -0.05) is 83.9 Å². The van der Waals surface area contributed by atoms with Crippen molar-refractivity contribution in [3.8, 4) is 11.1 Å². The standard InChI is InChI=1S/C26H25Cl2NO2.ClH/c1-29-15-13-26(14-16-29,22-11-12-23(27)24(28)17-22)25(30)31-18-19-7-9-21(10-8-19)20-5-3-2-4-6-20;/h2-12,17H,13-16,18H2,1H3;1H. The van der Waals surface area contributed by atoms with E-state index in [2.05, 4.69) is 36.2 Å². The molecule has 0 saturated carbocycles. The molecule has 32 heavy (non-hydrogen) atoms. The highest BCUT2D eigenvalue weighted by Crippen LogP contribution is 2.39. The van der Waals surface area contributed by atoms with Gasteiger partial charge in [0.15, 0.2) is 0 Å². The zero-order valence-corrected chi connectivity index (χ0v) is 20.2. The fraction of sp³-hybridized carbons (Fsp3) is 0.269. The molecule has 4 rings (SSSR count). The van der Waals surface area contributed by atoms with E-state index in [1.807, 2.05) is 42.5 Å². The van der Waals surface area contributed by atoms with Crippen molar-refractivity contribution in [2.45, 2.75) is 24.9 Å². The lowest BCUT2D eigenvalue weighted by Crippen LogP contribution is -2.47. The first-order chi connectivity index (χ1) is 15.0. The van der Waals surface area contributed by atoms with E-state index in [1.165, 1.54) is 0 Å². The van der Waals surface area contributed by atoms with E-state index in [-0.39, 0.29) is 25.0 Å². The van der Waals surface area contributed by atoms with Crippen molar-refractivity contribution < 1.29 is 9.53 Å². The van der Waals surface area contributed by atoms with Crippen LogP contribution in [-0.4, -0.2) is 31.0 Å². The van der Waals surface area contributed by atoms with Crippen LogP contribution in [0.2, 0.25) is 10.0 Å². The zero-order valence-electron chi connectivity index (χ0n) is 17.9. The summed E-state index contributed by atoms with van der Waals surface area (Å²) in [6.45, 7) is 1.88. The highest BCUT2D eigenvalue weighted by molar-refractivity contribution is 6.42. The second-order valence-corrected chi connectivity index (χ2v) is 8.97. The minimum absolute atomic E-state index is 0. The monoisotopic (exact) mass is 489 g/mol. The average Bonchev–Trinajstić information content (AvgIpc) is 2.81. The summed E-state index contributed by atoms with van der Waals surface area (Å²) in [4.78, 5) is 15.6. The van der Waals surface area contributed by atoms with Crippen LogP contribution in [0.4, 0.5) is 0 Å². The largest absolute Gasteiger partial charge is 0.460 e. The molecule has 0 N–H and O–H groups in total. The van der Waals surface area contributed by atoms with Crippen molar-refractivity contribution in [3.63, 3.8) is 0 Å². The molecule has 168 valence electrons. The van der Waals surface area contributed by atoms with E-state index in [4.69, 9.17) is 27.9 Å². The smallest absolute Gasteiger partial charge is 0.316 e. The molecule has 3 nitrogen and oxygen atoms in total. The van der Waals surface area contributed by atoms with Crippen LogP contribution in [0, 0.1) is 0 Å². The molecule has 0 aliphatic carbocycles. The third-order valence-corrected chi connectivity index (χ3v) is 6.87. The number of benzene rings is 3. The number of carbonyl (C=O) groups is 1. The van der Waals surface area contributed by atoms with Crippen molar-refractivity contribution in [3.05, 3.63) is 94.0 Å². The maximum atomic E-state index is 13.4. The molecule has 1 aliphatic heterocycles. The molecule has 0 bridgehead atoms. The Morgan fingerprint density at radius 1 is 0.906 bits per heavy atom. The zero-order chi connectivity index (χ0) is 21.8. The molecule has 6 heteroatoms. The van der Waals surface area contributed by atoms with Crippen LogP contribution in [0.5, 0.6) is 0 Å². The predicted molar refractivity (Wildman–Crippen MR) is 134 cm³/mol. The highest BCUT2D eigenvalue weighted by Gasteiger charge is 2.44. The number of likely N-dealkylation sites (tertiary alicyclic amines) is 1. The van der Waals surface area contributed by atoms with Gasteiger partial charge in [-0.15, -0.1) is 12.4 Å². The van der Waals surface area contributed by atoms with Gasteiger partial charge >= 0.3 is 5.97 Å². The third kappa shape index (κ3) is 5.29. The number of hydrogen-bond acceptors (Lipinski definition) is 3. The van der Waals surface area contributed by atoms with Crippen LogP contribution in [0.25, 0.3) is 11.1 Å². The van der Waals surface area contributed by atoms with E-state index in [1.54, 1.807) is 6.07 Å². The maximum Gasteiger partial charge on any atom is 0.316 e. The second-order valence-electron chi connectivity index (χ2n) is 8.15. The molecule has 1 saturated heterocycles. The van der Waals surface area contributed by atoms with Gasteiger partial charge in [0.25, 0.3) is 0 Å². The molecule has 3 aromatic rings. The van der Waals surface area contributed by atoms with Gasteiger partial charge in [0, 0.05) is 0 Å². The fourth-order valence-electron chi connectivity index (χ4n) is 4.12. The summed E-state index contributed by atoms with van der Waals surface area (Å²) in [5.41, 5.74) is 3.43. The number of piperidine rings is 1. The predicted octanol–water partition coefficient (Wildman–Crippen LogP) is 6.79. The Morgan fingerprint density at radius 2 is 1.53 bits per heavy atom. The Hall–Kier alpha value is -2.04. The summed E-state index contributed by atoms with van der Waals surface area (Å²) < 4.78 is 5.84. The average molecular weight is 491 g/mol. The number of halogens is 3. The van der Waals surface area contributed by atoms with Crippen molar-refractivity contribution in [1.29, 1.82) is 0 Å². The van der Waals surface area contributed by atoms with Crippen LogP contribution in [0.15, 0.2) is 72.8 Å². The Kier molecular flexibility index (Phi) is 8.24. The Balaban J connectivity index is 0.00000289. The first-order valence-corrected chi connectivity index (χ1v) is 11.2. The Morgan fingerprint density at radius 3 is 2.16 bits per heavy atom. The quantitative estimate of drug-likeness (QED) is 0.369. The molecule has 0 spiro atoms. The molecule has 1 heterocycles. The van der Waals surface area contributed by atoms with Crippen molar-refractivity contribution >= 4 is 41.6 Å². The molecule has 0 unspecified atom stereocenters. The molecule has 0 aromatic heterocycles. The van der Waals surface area contributed by atoms with Gasteiger partial charge in [-0.05, 0) is 67.4 Å². The van der Waals surface area contributed by atoms with Gasteiger partial charge in [-0.2, -0.15) is 0 Å². The summed E-state index contributed by atoms with van der Waals surface area (Å²) in [6.07, 6.45) is 1.38. The lowest BCUT2D eigenvalue weighted by Gasteiger charge is -2.39. The lowest BCUT2D eigenvalue weighted by molar-refractivity contribution is -0.154. The van der Waals surface area contributed by atoms with Gasteiger partial charge in [-0.3, -0.25) is 4.79 Å². The Bertz CT molecular complexity index is 1050. The first kappa shape index (κ1) is 24.6. The maximum absolute atomic E-state index is 13.4. The van der Waals surface area contributed by atoms with Gasteiger partial charge < -0.3 is 9.64 Å². The molecule has 0 amide bonds. The summed E-state index contributed by atoms with van der Waals surface area (Å²) >= 11 is 12.4. The van der Waals surface area contributed by atoms with Crippen LogP contribution in [0.3, 0.4) is 0 Å². The summed E-state index contributed by atoms with van der Waals surface area (Å²) in [7, 11) is 2.07. The summed E-state index contributed by atoms with van der Waals surface area (Å²) in [5.74, 6) is -0.203. The van der Waals surface area contributed by atoms with Gasteiger partial charge in [0.05, 0.1) is 15.5 Å². The molecule has 1 aliphatic rings. The van der Waals surface area contributed by atoms with Crippen LogP contribution < -0.4 is 0 Å². The lowest BCUT2D eigenvalue weighted by atomic mass is 9.73. The molecular weight excluding hydrogens is 465 g/mol. The number of carbonyl (C=O) groups excluding carboxylic acids is 1. The van der Waals surface area contributed by atoms with E-state index in [0.29, 0.717) is 22.9 Å². The van der Waals surface area contributed by atoms with E-state index in [0.717, 1.165) is 35.3 Å².